The largest absolute Gasteiger partial charge is 0.450 e. The maximum atomic E-state index is 13.0. The van der Waals surface area contributed by atoms with Gasteiger partial charge in [-0.15, -0.1) is 0 Å². The standard InChI is InChI=1S/C16H24BrF3O4/c1-9-3-5-13(11(7-17)14(21)16(18,19)20)15(24-22)8-23-10(2)4-6-12(9)15/h9-13,22H,3-8H2,1-2H3. The molecule has 2 fully saturated rings. The Kier molecular flexibility index (Phi) is 6.37. The molecule has 0 aromatic heterocycles. The highest BCUT2D eigenvalue weighted by molar-refractivity contribution is 9.09. The highest BCUT2D eigenvalue weighted by Gasteiger charge is 2.59. The van der Waals surface area contributed by atoms with E-state index in [0.29, 0.717) is 19.3 Å². The first-order valence-corrected chi connectivity index (χ1v) is 9.40. The molecule has 6 unspecified atom stereocenters. The highest BCUT2D eigenvalue weighted by Crippen LogP contribution is 2.51. The van der Waals surface area contributed by atoms with E-state index in [1.165, 1.54) is 0 Å². The van der Waals surface area contributed by atoms with E-state index in [0.717, 1.165) is 6.42 Å². The molecular weight excluding hydrogens is 393 g/mol. The summed E-state index contributed by atoms with van der Waals surface area (Å²) in [5.74, 6) is -3.79. The normalized spacial score (nSPS) is 39.0. The van der Waals surface area contributed by atoms with Gasteiger partial charge in [-0.25, -0.2) is 4.89 Å². The van der Waals surface area contributed by atoms with Crippen molar-refractivity contribution in [3.05, 3.63) is 0 Å². The number of rotatable bonds is 4. The molecule has 0 radical (unpaired) electrons. The van der Waals surface area contributed by atoms with Crippen LogP contribution in [-0.4, -0.2) is 40.9 Å². The Morgan fingerprint density at radius 2 is 2.00 bits per heavy atom. The van der Waals surface area contributed by atoms with Gasteiger partial charge in [0.25, 0.3) is 0 Å². The topological polar surface area (TPSA) is 55.8 Å². The molecule has 0 aromatic rings. The minimum atomic E-state index is -4.91. The number of alkyl halides is 4. The zero-order valence-corrected chi connectivity index (χ0v) is 15.4. The quantitative estimate of drug-likeness (QED) is 0.423. The fourth-order valence-corrected chi connectivity index (χ4v) is 5.18. The van der Waals surface area contributed by atoms with Gasteiger partial charge < -0.3 is 4.74 Å². The molecule has 24 heavy (non-hydrogen) atoms. The van der Waals surface area contributed by atoms with E-state index in [-0.39, 0.29) is 29.9 Å². The molecule has 0 amide bonds. The SMILES string of the molecule is CC1CCC2C(C)CCC(C(CBr)C(=O)C(F)(F)F)C2(OO)CO1. The summed E-state index contributed by atoms with van der Waals surface area (Å²) in [6.07, 6.45) is -2.45. The molecular formula is C16H24BrF3O4. The summed E-state index contributed by atoms with van der Waals surface area (Å²) < 4.78 is 44.7. The van der Waals surface area contributed by atoms with Gasteiger partial charge in [0.05, 0.1) is 12.7 Å². The van der Waals surface area contributed by atoms with Crippen molar-refractivity contribution in [1.82, 2.24) is 0 Å². The smallest absolute Gasteiger partial charge is 0.375 e. The molecule has 4 nitrogen and oxygen atoms in total. The summed E-state index contributed by atoms with van der Waals surface area (Å²) in [6, 6.07) is 0. The van der Waals surface area contributed by atoms with Gasteiger partial charge >= 0.3 is 6.18 Å². The van der Waals surface area contributed by atoms with Crippen LogP contribution < -0.4 is 0 Å². The average molecular weight is 417 g/mol. The molecule has 0 bridgehead atoms. The van der Waals surface area contributed by atoms with Gasteiger partial charge in [0.15, 0.2) is 0 Å². The maximum Gasteiger partial charge on any atom is 0.450 e. The van der Waals surface area contributed by atoms with Crippen LogP contribution in [0.25, 0.3) is 0 Å². The number of hydrogen-bond donors (Lipinski definition) is 1. The van der Waals surface area contributed by atoms with Gasteiger partial charge in [-0.2, -0.15) is 13.2 Å². The van der Waals surface area contributed by atoms with Crippen molar-refractivity contribution in [2.24, 2.45) is 23.7 Å². The summed E-state index contributed by atoms with van der Waals surface area (Å²) >= 11 is 3.06. The van der Waals surface area contributed by atoms with Crippen molar-refractivity contribution in [1.29, 1.82) is 0 Å². The molecule has 1 aliphatic heterocycles. The van der Waals surface area contributed by atoms with Crippen LogP contribution in [0.3, 0.4) is 0 Å². The molecule has 140 valence electrons. The van der Waals surface area contributed by atoms with Gasteiger partial charge in [0.2, 0.25) is 5.78 Å². The Labute approximate surface area is 148 Å². The second kappa shape index (κ2) is 7.60. The molecule has 1 saturated carbocycles. The first-order valence-electron chi connectivity index (χ1n) is 8.28. The van der Waals surface area contributed by atoms with E-state index in [1.807, 2.05) is 13.8 Å². The molecule has 1 N–H and O–H groups in total. The third-order valence-corrected chi connectivity index (χ3v) is 6.49. The maximum absolute atomic E-state index is 13.0. The first kappa shape index (κ1) is 20.1. The molecule has 1 heterocycles. The lowest BCUT2D eigenvalue weighted by Crippen LogP contribution is -2.59. The summed E-state index contributed by atoms with van der Waals surface area (Å²) in [5, 5.41) is 9.59. The molecule has 6 atom stereocenters. The van der Waals surface area contributed by atoms with Crippen LogP contribution in [0.5, 0.6) is 0 Å². The molecule has 8 heteroatoms. The van der Waals surface area contributed by atoms with Crippen molar-refractivity contribution in [3.8, 4) is 0 Å². The zero-order valence-electron chi connectivity index (χ0n) is 13.8. The molecule has 2 rings (SSSR count). The lowest BCUT2D eigenvalue weighted by atomic mass is 9.59. The van der Waals surface area contributed by atoms with E-state index in [4.69, 9.17) is 9.62 Å². The molecule has 0 spiro atoms. The van der Waals surface area contributed by atoms with Crippen LogP contribution in [0.4, 0.5) is 13.2 Å². The van der Waals surface area contributed by atoms with E-state index in [1.54, 1.807) is 0 Å². The van der Waals surface area contributed by atoms with Crippen molar-refractivity contribution in [3.63, 3.8) is 0 Å². The summed E-state index contributed by atoms with van der Waals surface area (Å²) in [7, 11) is 0. The third-order valence-electron chi connectivity index (χ3n) is 5.79. The monoisotopic (exact) mass is 416 g/mol. The Morgan fingerprint density at radius 1 is 1.33 bits per heavy atom. The van der Waals surface area contributed by atoms with E-state index >= 15 is 0 Å². The summed E-state index contributed by atoms with van der Waals surface area (Å²) in [4.78, 5) is 16.8. The number of halogens is 4. The summed E-state index contributed by atoms with van der Waals surface area (Å²) in [6.45, 7) is 3.91. The van der Waals surface area contributed by atoms with Gasteiger partial charge in [0, 0.05) is 17.2 Å². The van der Waals surface area contributed by atoms with Crippen LogP contribution in [-0.2, 0) is 14.4 Å². The second-order valence-electron chi connectivity index (χ2n) is 7.14. The third kappa shape index (κ3) is 3.66. The number of ether oxygens (including phenoxy) is 1. The average Bonchev–Trinajstić information content (AvgIpc) is 2.70. The van der Waals surface area contributed by atoms with E-state index in [2.05, 4.69) is 15.9 Å². The number of ketones is 1. The van der Waals surface area contributed by atoms with Crippen molar-refractivity contribution < 1.29 is 32.8 Å². The van der Waals surface area contributed by atoms with Crippen LogP contribution in [0.1, 0.15) is 39.5 Å². The van der Waals surface area contributed by atoms with Gasteiger partial charge in [-0.1, -0.05) is 22.9 Å². The highest BCUT2D eigenvalue weighted by atomic mass is 79.9. The van der Waals surface area contributed by atoms with Crippen LogP contribution in [0.2, 0.25) is 0 Å². The summed E-state index contributed by atoms with van der Waals surface area (Å²) in [5.41, 5.74) is -1.28. The van der Waals surface area contributed by atoms with Crippen LogP contribution in [0.15, 0.2) is 0 Å². The minimum absolute atomic E-state index is 0.00101. The number of hydrogen-bond acceptors (Lipinski definition) is 4. The fraction of sp³-hybridized carbons (Fsp3) is 0.938. The lowest BCUT2D eigenvalue weighted by Gasteiger charge is -2.50. The Hall–Kier alpha value is -0.180. The lowest BCUT2D eigenvalue weighted by molar-refractivity contribution is -0.374. The molecule has 0 aromatic carbocycles. The first-order chi connectivity index (χ1) is 11.2. The van der Waals surface area contributed by atoms with Crippen molar-refractivity contribution in [2.45, 2.75) is 57.4 Å². The van der Waals surface area contributed by atoms with Gasteiger partial charge in [-0.3, -0.25) is 10.1 Å². The fourth-order valence-electron chi connectivity index (χ4n) is 4.43. The van der Waals surface area contributed by atoms with Crippen molar-refractivity contribution in [2.75, 3.05) is 11.9 Å². The number of carbonyl (C=O) groups is 1. The van der Waals surface area contributed by atoms with Crippen LogP contribution >= 0.6 is 15.9 Å². The van der Waals surface area contributed by atoms with E-state index in [9.17, 15) is 23.2 Å². The van der Waals surface area contributed by atoms with Gasteiger partial charge in [-0.05, 0) is 44.4 Å². The number of fused-ring (bicyclic) bond motifs is 1. The zero-order chi connectivity index (χ0) is 18.1. The predicted molar refractivity (Wildman–Crippen MR) is 84.8 cm³/mol. The molecule has 1 aliphatic carbocycles. The Morgan fingerprint density at radius 3 is 2.54 bits per heavy atom. The number of carbonyl (C=O) groups excluding carboxylic acids is 1. The van der Waals surface area contributed by atoms with E-state index < -0.39 is 29.4 Å². The number of Topliss-reactive ketones (excluding diaryl/α,β-unsaturated/α-hetero) is 1. The molecule has 2 aliphatic rings. The second-order valence-corrected chi connectivity index (χ2v) is 7.78. The Bertz CT molecular complexity index is 459. The Balaban J connectivity index is 2.41. The predicted octanol–water partition coefficient (Wildman–Crippen LogP) is 4.22. The van der Waals surface area contributed by atoms with Crippen molar-refractivity contribution >= 4 is 21.7 Å². The molecule has 1 saturated heterocycles. The minimum Gasteiger partial charge on any atom is -0.375 e. The van der Waals surface area contributed by atoms with Crippen LogP contribution in [0, 0.1) is 23.7 Å². The van der Waals surface area contributed by atoms with Gasteiger partial charge in [0.1, 0.15) is 5.60 Å².